The Kier molecular flexibility index (Phi) is 9.16. The van der Waals surface area contributed by atoms with Crippen molar-refractivity contribution in [3.8, 4) is 33.4 Å². The van der Waals surface area contributed by atoms with Crippen molar-refractivity contribution in [2.45, 2.75) is 25.7 Å². The van der Waals surface area contributed by atoms with Crippen LogP contribution in [-0.4, -0.2) is 0 Å². The van der Waals surface area contributed by atoms with Gasteiger partial charge in [-0.05, 0) is 162 Å². The maximum Gasteiger partial charge on any atom is 0.0493 e. The highest BCUT2D eigenvalue weighted by Crippen LogP contribution is 2.51. The number of hydrogen-bond acceptors (Lipinski definition) is 2. The van der Waals surface area contributed by atoms with E-state index in [0.717, 1.165) is 37.1 Å². The van der Waals surface area contributed by atoms with E-state index < -0.39 is 0 Å². The Morgan fingerprint density at radius 2 is 0.667 bits per heavy atom. The second kappa shape index (κ2) is 15.8. The Hall–Kier alpha value is -8.20. The summed E-state index contributed by atoms with van der Waals surface area (Å²) < 4.78 is 0. The zero-order valence-corrected chi connectivity index (χ0v) is 36.7. The van der Waals surface area contributed by atoms with Gasteiger partial charge in [0.2, 0.25) is 0 Å². The number of hydrogen-bond donors (Lipinski definition) is 0. The molecule has 312 valence electrons. The average Bonchev–Trinajstić information content (AvgIpc) is 3.66. The molecule has 11 aromatic rings. The van der Waals surface area contributed by atoms with Gasteiger partial charge in [-0.15, -0.1) is 0 Å². The lowest BCUT2D eigenvalue weighted by molar-refractivity contribution is 0.977. The minimum atomic E-state index is 1.00. The van der Waals surface area contributed by atoms with Gasteiger partial charge in [-0.1, -0.05) is 182 Å². The largest absolute Gasteiger partial charge is 0.310 e. The van der Waals surface area contributed by atoms with Gasteiger partial charge in [-0.2, -0.15) is 0 Å². The first-order valence-corrected chi connectivity index (χ1v) is 23.3. The number of fused-ring (bicyclic) bond motifs is 7. The standard InChI is InChI=1S/C64H46N2/c1-2-15-43(16-3-1)44-29-35-50(36-30-44)63-55-39-37-52(66-61-27-12-7-20-48(61)33-34-49-21-8-13-28-62(49)66)42-58(55)64(54-24-14-22-45-17-4-9-23-53(45)54)56-40-38-51(41-57(56)63)65-59-25-10-5-18-46(59)31-32-47-19-6-11-26-60(47)65/h1-30,35-42H,31-34H2. The van der Waals surface area contributed by atoms with Crippen LogP contribution >= 0.6 is 0 Å². The van der Waals surface area contributed by atoms with Crippen molar-refractivity contribution in [3.05, 3.63) is 253 Å². The smallest absolute Gasteiger partial charge is 0.0493 e. The van der Waals surface area contributed by atoms with Gasteiger partial charge in [-0.25, -0.2) is 0 Å². The Labute approximate surface area is 386 Å². The number of aryl methyl sites for hydroxylation is 4. The van der Waals surface area contributed by atoms with Crippen LogP contribution in [0.2, 0.25) is 0 Å². The normalized spacial score (nSPS) is 13.2. The van der Waals surface area contributed by atoms with Crippen molar-refractivity contribution in [2.24, 2.45) is 0 Å². The second-order valence-electron chi connectivity index (χ2n) is 17.9. The van der Waals surface area contributed by atoms with E-state index >= 15 is 0 Å². The third-order valence-electron chi connectivity index (χ3n) is 14.2. The molecule has 2 heterocycles. The molecule has 2 aliphatic rings. The number of para-hydroxylation sites is 4. The summed E-state index contributed by atoms with van der Waals surface area (Å²) in [7, 11) is 0. The lowest BCUT2D eigenvalue weighted by Crippen LogP contribution is -2.12. The molecule has 2 heteroatoms. The van der Waals surface area contributed by atoms with E-state index in [1.54, 1.807) is 0 Å². The van der Waals surface area contributed by atoms with Crippen LogP contribution in [0.15, 0.2) is 231 Å². The molecule has 0 N–H and O–H groups in total. The van der Waals surface area contributed by atoms with Gasteiger partial charge in [0.25, 0.3) is 0 Å². The summed E-state index contributed by atoms with van der Waals surface area (Å²) in [6.07, 6.45) is 4.00. The van der Waals surface area contributed by atoms with Gasteiger partial charge in [0, 0.05) is 34.1 Å². The van der Waals surface area contributed by atoms with Crippen molar-refractivity contribution in [2.75, 3.05) is 9.80 Å². The summed E-state index contributed by atoms with van der Waals surface area (Å²) in [4.78, 5) is 5.03. The van der Waals surface area contributed by atoms with Crippen molar-refractivity contribution < 1.29 is 0 Å². The number of benzene rings is 11. The molecule has 2 aliphatic heterocycles. The monoisotopic (exact) mass is 842 g/mol. The van der Waals surface area contributed by atoms with Gasteiger partial charge < -0.3 is 9.80 Å². The first-order chi connectivity index (χ1) is 32.7. The van der Waals surface area contributed by atoms with E-state index in [0.29, 0.717) is 0 Å². The van der Waals surface area contributed by atoms with E-state index in [-0.39, 0.29) is 0 Å². The fourth-order valence-electron chi connectivity index (χ4n) is 11.1. The first-order valence-electron chi connectivity index (χ1n) is 23.3. The van der Waals surface area contributed by atoms with Gasteiger partial charge in [0.05, 0.1) is 0 Å². The third-order valence-corrected chi connectivity index (χ3v) is 14.2. The molecule has 0 aromatic heterocycles. The summed E-state index contributed by atoms with van der Waals surface area (Å²) >= 11 is 0. The molecule has 66 heavy (non-hydrogen) atoms. The Bertz CT molecular complexity index is 3560. The molecule has 0 radical (unpaired) electrons. The molecule has 0 fully saturated rings. The molecule has 0 saturated carbocycles. The summed E-state index contributed by atoms with van der Waals surface area (Å²) in [6.45, 7) is 0. The third kappa shape index (κ3) is 6.32. The van der Waals surface area contributed by atoms with E-state index in [9.17, 15) is 0 Å². The van der Waals surface area contributed by atoms with Crippen LogP contribution in [0.3, 0.4) is 0 Å². The molecule has 0 aliphatic carbocycles. The van der Waals surface area contributed by atoms with E-state index in [2.05, 4.69) is 240 Å². The van der Waals surface area contributed by atoms with Crippen LogP contribution in [0.1, 0.15) is 22.3 Å². The summed E-state index contributed by atoms with van der Waals surface area (Å²) in [5.41, 5.74) is 20.1. The van der Waals surface area contributed by atoms with Crippen LogP contribution in [0.25, 0.3) is 65.7 Å². The minimum absolute atomic E-state index is 1.00. The summed E-state index contributed by atoms with van der Waals surface area (Å²) in [5.74, 6) is 0. The predicted molar refractivity (Wildman–Crippen MR) is 279 cm³/mol. The highest BCUT2D eigenvalue weighted by molar-refractivity contribution is 6.24. The van der Waals surface area contributed by atoms with Crippen LogP contribution < -0.4 is 9.80 Å². The van der Waals surface area contributed by atoms with Crippen molar-refractivity contribution in [3.63, 3.8) is 0 Å². The second-order valence-corrected chi connectivity index (χ2v) is 17.9. The molecule has 0 saturated heterocycles. The number of rotatable bonds is 5. The van der Waals surface area contributed by atoms with Gasteiger partial charge in [0.15, 0.2) is 0 Å². The maximum absolute atomic E-state index is 2.51. The zero-order chi connectivity index (χ0) is 43.6. The maximum atomic E-state index is 2.51. The van der Waals surface area contributed by atoms with Crippen molar-refractivity contribution in [1.82, 2.24) is 0 Å². The number of anilines is 6. The molecule has 0 amide bonds. The minimum Gasteiger partial charge on any atom is -0.310 e. The Morgan fingerprint density at radius 1 is 0.258 bits per heavy atom. The van der Waals surface area contributed by atoms with Crippen LogP contribution in [-0.2, 0) is 25.7 Å². The molecule has 0 bridgehead atoms. The topological polar surface area (TPSA) is 6.48 Å². The fraction of sp³-hybridized carbons (Fsp3) is 0.0625. The Balaban J connectivity index is 1.15. The SMILES string of the molecule is c1ccc(-c2ccc(-c3c4cc(N5c6ccccc6CCc6ccccc65)ccc4c(-c4cccc5ccccc45)c4cc(N5c6ccccc6CCc6ccccc65)ccc34)cc2)cc1. The highest BCUT2D eigenvalue weighted by atomic mass is 15.2. The molecule has 2 nitrogen and oxygen atoms in total. The van der Waals surface area contributed by atoms with E-state index in [1.165, 1.54) is 111 Å². The van der Waals surface area contributed by atoms with Crippen LogP contribution in [0.5, 0.6) is 0 Å². The molecular formula is C64H46N2. The van der Waals surface area contributed by atoms with Crippen LogP contribution in [0, 0.1) is 0 Å². The number of nitrogens with zero attached hydrogens (tertiary/aromatic N) is 2. The zero-order valence-electron chi connectivity index (χ0n) is 36.7. The molecule has 11 aromatic carbocycles. The quantitative estimate of drug-likeness (QED) is 0.159. The lowest BCUT2D eigenvalue weighted by atomic mass is 9.84. The molecule has 13 rings (SSSR count). The van der Waals surface area contributed by atoms with Gasteiger partial charge in [-0.3, -0.25) is 0 Å². The molecule has 0 atom stereocenters. The molecule has 0 unspecified atom stereocenters. The van der Waals surface area contributed by atoms with E-state index in [4.69, 9.17) is 0 Å². The van der Waals surface area contributed by atoms with Gasteiger partial charge >= 0.3 is 0 Å². The molecule has 0 spiro atoms. The van der Waals surface area contributed by atoms with E-state index in [1.807, 2.05) is 0 Å². The predicted octanol–water partition coefficient (Wildman–Crippen LogP) is 17.3. The van der Waals surface area contributed by atoms with Crippen molar-refractivity contribution >= 4 is 66.4 Å². The Morgan fingerprint density at radius 3 is 1.21 bits per heavy atom. The highest BCUT2D eigenvalue weighted by Gasteiger charge is 2.27. The van der Waals surface area contributed by atoms with Crippen LogP contribution in [0.4, 0.5) is 34.1 Å². The summed E-state index contributed by atoms with van der Waals surface area (Å²) in [5, 5.41) is 7.40. The summed E-state index contributed by atoms with van der Waals surface area (Å²) in [6, 6.07) is 86.1. The average molecular weight is 843 g/mol. The lowest BCUT2D eigenvalue weighted by Gasteiger charge is -2.29. The first kappa shape index (κ1) is 38.3. The van der Waals surface area contributed by atoms with Crippen molar-refractivity contribution in [1.29, 1.82) is 0 Å². The molecular weight excluding hydrogens is 797 g/mol. The fourth-order valence-corrected chi connectivity index (χ4v) is 11.1. The van der Waals surface area contributed by atoms with Gasteiger partial charge in [0.1, 0.15) is 0 Å².